The fraction of sp³-hybridized carbons (Fsp3) is 0. The molecule has 0 bridgehead atoms. The average molecular weight is 663 g/mol. The zero-order valence-electron chi connectivity index (χ0n) is 28.1. The minimum Gasteiger partial charge on any atom is -0.309 e. The van der Waals surface area contributed by atoms with Crippen LogP contribution in [0.25, 0.3) is 99.3 Å². The van der Waals surface area contributed by atoms with Gasteiger partial charge in [0.1, 0.15) is 0 Å². The zero-order chi connectivity index (χ0) is 34.2. The molecule has 11 rings (SSSR count). The van der Waals surface area contributed by atoms with E-state index in [1.807, 2.05) is 18.2 Å². The van der Waals surface area contributed by atoms with Crippen LogP contribution < -0.4 is 0 Å². The third kappa shape index (κ3) is 4.34. The van der Waals surface area contributed by atoms with Crippen molar-refractivity contribution in [2.75, 3.05) is 0 Å². The second kappa shape index (κ2) is 11.2. The summed E-state index contributed by atoms with van der Waals surface area (Å²) in [5, 5.41) is 8.33. The van der Waals surface area contributed by atoms with E-state index >= 15 is 0 Å². The molecule has 0 saturated heterocycles. The summed E-state index contributed by atoms with van der Waals surface area (Å²) in [4.78, 5) is 10.1. The van der Waals surface area contributed by atoms with Crippen LogP contribution in [0.5, 0.6) is 0 Å². The Morgan fingerprint density at radius 1 is 0.327 bits per heavy atom. The summed E-state index contributed by atoms with van der Waals surface area (Å²) in [5.74, 6) is 0.726. The zero-order valence-corrected chi connectivity index (χ0v) is 28.1. The second-order valence-electron chi connectivity index (χ2n) is 13.5. The monoisotopic (exact) mass is 662 g/mol. The lowest BCUT2D eigenvalue weighted by Gasteiger charge is -2.12. The average Bonchev–Trinajstić information content (AvgIpc) is 3.72. The van der Waals surface area contributed by atoms with E-state index in [-0.39, 0.29) is 0 Å². The fourth-order valence-electron chi connectivity index (χ4n) is 8.10. The SMILES string of the molecule is c1ccc(-c2nc(-c3ccc4cc(-n5c6ccccc6c6cc7c(cc65)c5ccccc5n7-c5ccccc5)ccc4c3)nc3ccccc23)cc1. The molecule has 4 heteroatoms. The lowest BCUT2D eigenvalue weighted by molar-refractivity contribution is 1.18. The predicted molar refractivity (Wildman–Crippen MR) is 217 cm³/mol. The van der Waals surface area contributed by atoms with E-state index in [2.05, 4.69) is 173 Å². The van der Waals surface area contributed by atoms with Crippen molar-refractivity contribution in [3.63, 3.8) is 0 Å². The van der Waals surface area contributed by atoms with Crippen LogP contribution in [0.1, 0.15) is 0 Å². The van der Waals surface area contributed by atoms with Gasteiger partial charge in [0.05, 0.1) is 33.3 Å². The standard InChI is InChI=1S/C48H30N4/c1-3-13-31(14-4-1)47-39-19-7-10-20-42(39)49-48(50-47)34-24-23-33-28-36(26-25-32(33)27-34)52-44-22-12-9-18-38(44)41-29-45-40(30-46(41)52)37-17-8-11-21-43(37)51(45)35-15-5-2-6-16-35/h1-30H. The van der Waals surface area contributed by atoms with Crippen LogP contribution in [0.3, 0.4) is 0 Å². The van der Waals surface area contributed by atoms with E-state index in [1.165, 1.54) is 43.6 Å². The highest BCUT2D eigenvalue weighted by atomic mass is 15.0. The third-order valence-electron chi connectivity index (χ3n) is 10.5. The van der Waals surface area contributed by atoms with Gasteiger partial charge in [-0.05, 0) is 71.4 Å². The van der Waals surface area contributed by atoms with Gasteiger partial charge in [-0.15, -0.1) is 0 Å². The molecule has 0 fully saturated rings. The maximum atomic E-state index is 5.13. The van der Waals surface area contributed by atoms with Crippen molar-refractivity contribution in [3.05, 3.63) is 182 Å². The number of rotatable bonds is 4. The third-order valence-corrected chi connectivity index (χ3v) is 10.5. The van der Waals surface area contributed by atoms with Gasteiger partial charge in [0.2, 0.25) is 0 Å². The summed E-state index contributed by atoms with van der Waals surface area (Å²) in [5.41, 5.74) is 11.1. The molecule has 0 aliphatic carbocycles. The largest absolute Gasteiger partial charge is 0.309 e. The smallest absolute Gasteiger partial charge is 0.160 e. The van der Waals surface area contributed by atoms with E-state index in [1.54, 1.807) is 0 Å². The normalized spacial score (nSPS) is 11.8. The van der Waals surface area contributed by atoms with E-state index < -0.39 is 0 Å². The van der Waals surface area contributed by atoms with Gasteiger partial charge in [-0.2, -0.15) is 0 Å². The number of hydrogen-bond donors (Lipinski definition) is 0. The van der Waals surface area contributed by atoms with Gasteiger partial charge in [-0.3, -0.25) is 0 Å². The van der Waals surface area contributed by atoms with Crippen molar-refractivity contribution in [2.24, 2.45) is 0 Å². The van der Waals surface area contributed by atoms with Crippen molar-refractivity contribution in [2.45, 2.75) is 0 Å². The molecule has 0 spiro atoms. The predicted octanol–water partition coefficient (Wildman–Crippen LogP) is 12.3. The second-order valence-corrected chi connectivity index (χ2v) is 13.5. The van der Waals surface area contributed by atoms with Gasteiger partial charge in [0, 0.05) is 49.4 Å². The Labute approximate surface area is 299 Å². The fourth-order valence-corrected chi connectivity index (χ4v) is 8.10. The number of para-hydroxylation sites is 4. The molecule has 0 saturated carbocycles. The van der Waals surface area contributed by atoms with E-state index in [0.29, 0.717) is 0 Å². The lowest BCUT2D eigenvalue weighted by atomic mass is 10.0. The molecular weight excluding hydrogens is 633 g/mol. The molecule has 3 heterocycles. The van der Waals surface area contributed by atoms with Gasteiger partial charge in [-0.1, -0.05) is 121 Å². The topological polar surface area (TPSA) is 35.6 Å². The van der Waals surface area contributed by atoms with Gasteiger partial charge < -0.3 is 9.13 Å². The summed E-state index contributed by atoms with van der Waals surface area (Å²) in [6.07, 6.45) is 0. The Morgan fingerprint density at radius 2 is 0.885 bits per heavy atom. The van der Waals surface area contributed by atoms with E-state index in [4.69, 9.17) is 9.97 Å². The molecule has 0 radical (unpaired) electrons. The molecule has 3 aromatic heterocycles. The van der Waals surface area contributed by atoms with Crippen LogP contribution in [-0.4, -0.2) is 19.1 Å². The molecule has 0 atom stereocenters. The number of fused-ring (bicyclic) bond motifs is 8. The van der Waals surface area contributed by atoms with Gasteiger partial charge >= 0.3 is 0 Å². The first-order chi connectivity index (χ1) is 25.8. The Hall–Kier alpha value is -7.04. The number of nitrogens with zero attached hydrogens (tertiary/aromatic N) is 4. The summed E-state index contributed by atoms with van der Waals surface area (Å²) >= 11 is 0. The molecule has 11 aromatic rings. The van der Waals surface area contributed by atoms with Gasteiger partial charge in [0.25, 0.3) is 0 Å². The van der Waals surface area contributed by atoms with Crippen LogP contribution in [-0.2, 0) is 0 Å². The Kier molecular flexibility index (Phi) is 6.22. The molecule has 242 valence electrons. The van der Waals surface area contributed by atoms with Crippen molar-refractivity contribution in [1.29, 1.82) is 0 Å². The minimum absolute atomic E-state index is 0.726. The van der Waals surface area contributed by atoms with Crippen molar-refractivity contribution < 1.29 is 0 Å². The molecule has 0 aliphatic rings. The molecule has 8 aromatic carbocycles. The molecule has 52 heavy (non-hydrogen) atoms. The summed E-state index contributed by atoms with van der Waals surface area (Å²) in [6.45, 7) is 0. The van der Waals surface area contributed by atoms with E-state index in [9.17, 15) is 0 Å². The first-order valence-corrected chi connectivity index (χ1v) is 17.7. The number of benzene rings is 8. The van der Waals surface area contributed by atoms with Gasteiger partial charge in [0.15, 0.2) is 5.82 Å². The summed E-state index contributed by atoms with van der Waals surface area (Å²) in [6, 6.07) is 64.9. The van der Waals surface area contributed by atoms with E-state index in [0.717, 1.165) is 55.7 Å². The molecule has 4 nitrogen and oxygen atoms in total. The van der Waals surface area contributed by atoms with Crippen LogP contribution in [0, 0.1) is 0 Å². The summed E-state index contributed by atoms with van der Waals surface area (Å²) < 4.78 is 4.82. The van der Waals surface area contributed by atoms with Crippen molar-refractivity contribution in [3.8, 4) is 34.0 Å². The van der Waals surface area contributed by atoms with Crippen molar-refractivity contribution >= 4 is 65.3 Å². The number of aromatic nitrogens is 4. The Morgan fingerprint density at radius 3 is 1.60 bits per heavy atom. The van der Waals surface area contributed by atoms with Crippen LogP contribution in [0.15, 0.2) is 182 Å². The molecule has 0 amide bonds. The maximum Gasteiger partial charge on any atom is 0.160 e. The highest BCUT2D eigenvalue weighted by Crippen LogP contribution is 2.40. The number of hydrogen-bond acceptors (Lipinski definition) is 2. The molecule has 0 N–H and O–H groups in total. The van der Waals surface area contributed by atoms with Crippen molar-refractivity contribution in [1.82, 2.24) is 19.1 Å². The van der Waals surface area contributed by atoms with Gasteiger partial charge in [-0.25, -0.2) is 9.97 Å². The molecular formula is C48H30N4. The quantitative estimate of drug-likeness (QED) is 0.188. The first kappa shape index (κ1) is 28.8. The highest BCUT2D eigenvalue weighted by molar-refractivity contribution is 6.19. The van der Waals surface area contributed by atoms with Crippen LogP contribution >= 0.6 is 0 Å². The van der Waals surface area contributed by atoms with Crippen LogP contribution in [0.4, 0.5) is 0 Å². The lowest BCUT2D eigenvalue weighted by Crippen LogP contribution is -1.96. The first-order valence-electron chi connectivity index (χ1n) is 17.7. The summed E-state index contributed by atoms with van der Waals surface area (Å²) in [7, 11) is 0. The Bertz CT molecular complexity index is 3170. The van der Waals surface area contributed by atoms with Crippen LogP contribution in [0.2, 0.25) is 0 Å². The molecule has 0 aliphatic heterocycles. The minimum atomic E-state index is 0.726. The molecule has 0 unspecified atom stereocenters. The Balaban J connectivity index is 1.09. The highest BCUT2D eigenvalue weighted by Gasteiger charge is 2.19. The maximum absolute atomic E-state index is 5.13.